The van der Waals surface area contributed by atoms with Crippen molar-refractivity contribution in [2.75, 3.05) is 18.0 Å². The molecule has 1 unspecified atom stereocenters. The zero-order valence-electron chi connectivity index (χ0n) is 13.8. The molecule has 2 aromatic rings. The van der Waals surface area contributed by atoms with E-state index in [1.54, 1.807) is 23.1 Å². The number of amides is 2. The van der Waals surface area contributed by atoms with Crippen LogP contribution < -0.4 is 10.2 Å². The monoisotopic (exact) mass is 420 g/mol. The van der Waals surface area contributed by atoms with Gasteiger partial charge in [-0.1, -0.05) is 45.2 Å². The highest BCUT2D eigenvalue weighted by atomic mass is 79.9. The number of carbonyl (C=O) groups excluding carboxylic acids is 2. The van der Waals surface area contributed by atoms with E-state index >= 15 is 0 Å². The molecule has 130 valence electrons. The topological polar surface area (TPSA) is 49.4 Å². The smallest absolute Gasteiger partial charge is 0.252 e. The summed E-state index contributed by atoms with van der Waals surface area (Å²) < 4.78 is 0.795. The lowest BCUT2D eigenvalue weighted by Gasteiger charge is -2.17. The first-order valence-corrected chi connectivity index (χ1v) is 9.21. The van der Waals surface area contributed by atoms with E-state index < -0.39 is 0 Å². The average molecular weight is 422 g/mol. The Bertz CT molecular complexity index is 808. The van der Waals surface area contributed by atoms with Crippen molar-refractivity contribution in [2.45, 2.75) is 13.3 Å². The Kier molecular flexibility index (Phi) is 5.45. The highest BCUT2D eigenvalue weighted by Gasteiger charge is 2.30. The van der Waals surface area contributed by atoms with Gasteiger partial charge in [-0.15, -0.1) is 0 Å². The van der Waals surface area contributed by atoms with Crippen LogP contribution >= 0.6 is 27.5 Å². The normalized spacial score (nSPS) is 17.0. The summed E-state index contributed by atoms with van der Waals surface area (Å²) in [6.45, 7) is 3.06. The molecular weight excluding hydrogens is 404 g/mol. The molecule has 1 saturated heterocycles. The molecule has 1 heterocycles. The van der Waals surface area contributed by atoms with E-state index in [1.807, 2.05) is 31.2 Å². The molecule has 0 aromatic heterocycles. The minimum absolute atomic E-state index is 0.0867. The van der Waals surface area contributed by atoms with Crippen molar-refractivity contribution in [3.8, 4) is 0 Å². The van der Waals surface area contributed by atoms with Gasteiger partial charge in [0, 0.05) is 35.6 Å². The zero-order valence-corrected chi connectivity index (χ0v) is 16.1. The summed E-state index contributed by atoms with van der Waals surface area (Å²) in [4.78, 5) is 26.4. The maximum atomic E-state index is 12.3. The number of rotatable bonds is 4. The number of hydrogen-bond donors (Lipinski definition) is 1. The molecule has 6 heteroatoms. The first-order valence-electron chi connectivity index (χ1n) is 8.04. The lowest BCUT2D eigenvalue weighted by Crippen LogP contribution is -2.31. The van der Waals surface area contributed by atoms with E-state index in [0.717, 1.165) is 15.7 Å². The molecular formula is C19H18BrClN2O2. The molecule has 0 spiro atoms. The second-order valence-electron chi connectivity index (χ2n) is 6.24. The molecule has 0 saturated carbocycles. The number of aryl methyl sites for hydroxylation is 1. The quantitative estimate of drug-likeness (QED) is 0.804. The van der Waals surface area contributed by atoms with E-state index in [1.165, 1.54) is 0 Å². The lowest BCUT2D eigenvalue weighted by atomic mass is 10.1. The number of anilines is 1. The molecule has 0 bridgehead atoms. The van der Waals surface area contributed by atoms with Crippen molar-refractivity contribution < 1.29 is 9.59 Å². The summed E-state index contributed by atoms with van der Waals surface area (Å²) in [7, 11) is 0. The van der Waals surface area contributed by atoms with Crippen LogP contribution in [0, 0.1) is 12.8 Å². The minimum Gasteiger partial charge on any atom is -0.352 e. The first kappa shape index (κ1) is 18.0. The van der Waals surface area contributed by atoms with Crippen LogP contribution in [0.2, 0.25) is 5.02 Å². The Hall–Kier alpha value is -1.85. The van der Waals surface area contributed by atoms with Crippen LogP contribution in [0.4, 0.5) is 5.69 Å². The predicted octanol–water partition coefficient (Wildman–Crippen LogP) is 4.19. The molecule has 4 nitrogen and oxygen atoms in total. The van der Waals surface area contributed by atoms with Crippen molar-refractivity contribution in [2.24, 2.45) is 5.92 Å². The number of benzene rings is 2. The van der Waals surface area contributed by atoms with Gasteiger partial charge in [-0.3, -0.25) is 9.59 Å². The predicted molar refractivity (Wildman–Crippen MR) is 103 cm³/mol. The molecule has 25 heavy (non-hydrogen) atoms. The number of hydrogen-bond acceptors (Lipinski definition) is 2. The Morgan fingerprint density at radius 1 is 1.28 bits per heavy atom. The molecule has 0 aliphatic carbocycles. The SMILES string of the molecule is Cc1ccc(N2CC(CNC(=O)c3cc(Br)ccc3Cl)CC2=O)cc1. The number of nitrogens with zero attached hydrogens (tertiary/aromatic N) is 1. The Labute approximate surface area is 160 Å². The maximum Gasteiger partial charge on any atom is 0.252 e. The Morgan fingerprint density at radius 2 is 2.00 bits per heavy atom. The van der Waals surface area contributed by atoms with Gasteiger partial charge in [0.15, 0.2) is 0 Å². The van der Waals surface area contributed by atoms with Crippen molar-refractivity contribution in [3.63, 3.8) is 0 Å². The average Bonchev–Trinajstić information content (AvgIpc) is 2.96. The summed E-state index contributed by atoms with van der Waals surface area (Å²) in [5, 5.41) is 3.29. The Morgan fingerprint density at radius 3 is 2.72 bits per heavy atom. The van der Waals surface area contributed by atoms with Crippen molar-refractivity contribution in [3.05, 3.63) is 63.1 Å². The summed E-state index contributed by atoms with van der Waals surface area (Å²) in [6.07, 6.45) is 0.431. The maximum absolute atomic E-state index is 12.3. The second-order valence-corrected chi connectivity index (χ2v) is 7.57. The minimum atomic E-state index is -0.229. The fraction of sp³-hybridized carbons (Fsp3) is 0.263. The third kappa shape index (κ3) is 4.22. The molecule has 1 N–H and O–H groups in total. The van der Waals surface area contributed by atoms with Crippen LogP contribution in [0.5, 0.6) is 0 Å². The first-order chi connectivity index (χ1) is 11.9. The molecule has 1 aliphatic rings. The van der Waals surface area contributed by atoms with Gasteiger partial charge >= 0.3 is 0 Å². The number of nitrogens with one attached hydrogen (secondary N) is 1. The van der Waals surface area contributed by atoms with Gasteiger partial charge in [-0.25, -0.2) is 0 Å². The van der Waals surface area contributed by atoms with Crippen LogP contribution in [0.1, 0.15) is 22.3 Å². The van der Waals surface area contributed by atoms with Gasteiger partial charge < -0.3 is 10.2 Å². The molecule has 1 aliphatic heterocycles. The summed E-state index contributed by atoms with van der Waals surface area (Å²) in [5.74, 6) is -0.0557. The van der Waals surface area contributed by atoms with Crippen LogP contribution in [-0.2, 0) is 4.79 Å². The fourth-order valence-corrected chi connectivity index (χ4v) is 3.46. The summed E-state index contributed by atoms with van der Waals surface area (Å²) in [6, 6.07) is 13.0. The highest BCUT2D eigenvalue weighted by Crippen LogP contribution is 2.25. The van der Waals surface area contributed by atoms with Crippen molar-refractivity contribution in [1.29, 1.82) is 0 Å². The molecule has 0 radical (unpaired) electrons. The van der Waals surface area contributed by atoms with Crippen LogP contribution in [0.15, 0.2) is 46.9 Å². The van der Waals surface area contributed by atoms with Gasteiger partial charge in [0.25, 0.3) is 5.91 Å². The third-order valence-corrected chi connectivity index (χ3v) is 5.10. The number of halogens is 2. The fourth-order valence-electron chi connectivity index (χ4n) is 2.90. The lowest BCUT2D eigenvalue weighted by molar-refractivity contribution is -0.117. The van der Waals surface area contributed by atoms with Gasteiger partial charge in [0.1, 0.15) is 0 Å². The summed E-state index contributed by atoms with van der Waals surface area (Å²) in [5.41, 5.74) is 2.49. The zero-order chi connectivity index (χ0) is 18.0. The molecule has 2 amide bonds. The van der Waals surface area contributed by atoms with Crippen molar-refractivity contribution >= 4 is 45.0 Å². The largest absolute Gasteiger partial charge is 0.352 e. The molecule has 2 aromatic carbocycles. The van der Waals surface area contributed by atoms with Crippen LogP contribution in [-0.4, -0.2) is 24.9 Å². The second kappa shape index (κ2) is 7.58. The van der Waals surface area contributed by atoms with Gasteiger partial charge in [0.05, 0.1) is 10.6 Å². The van der Waals surface area contributed by atoms with E-state index in [2.05, 4.69) is 21.2 Å². The van der Waals surface area contributed by atoms with Gasteiger partial charge in [0.2, 0.25) is 5.91 Å². The van der Waals surface area contributed by atoms with E-state index in [-0.39, 0.29) is 17.7 Å². The molecule has 1 atom stereocenters. The highest BCUT2D eigenvalue weighted by molar-refractivity contribution is 9.10. The number of carbonyl (C=O) groups is 2. The standard InChI is InChI=1S/C19H18BrClN2O2/c1-12-2-5-15(6-3-12)23-11-13(8-18(23)24)10-22-19(25)16-9-14(20)4-7-17(16)21/h2-7,9,13H,8,10-11H2,1H3,(H,22,25). The summed E-state index contributed by atoms with van der Waals surface area (Å²) >= 11 is 9.42. The third-order valence-electron chi connectivity index (χ3n) is 4.28. The van der Waals surface area contributed by atoms with Gasteiger partial charge in [-0.05, 0) is 37.3 Å². The van der Waals surface area contributed by atoms with E-state index in [4.69, 9.17) is 11.6 Å². The van der Waals surface area contributed by atoms with Gasteiger partial charge in [-0.2, -0.15) is 0 Å². The van der Waals surface area contributed by atoms with Crippen LogP contribution in [0.25, 0.3) is 0 Å². The van der Waals surface area contributed by atoms with Crippen LogP contribution in [0.3, 0.4) is 0 Å². The Balaban J connectivity index is 1.61. The van der Waals surface area contributed by atoms with Crippen molar-refractivity contribution in [1.82, 2.24) is 5.32 Å². The molecule has 1 fully saturated rings. The van der Waals surface area contributed by atoms with E-state index in [0.29, 0.717) is 30.1 Å². The van der Waals surface area contributed by atoms with E-state index in [9.17, 15) is 9.59 Å². The molecule has 3 rings (SSSR count).